The van der Waals surface area contributed by atoms with Gasteiger partial charge in [0.05, 0.1) is 0 Å². The van der Waals surface area contributed by atoms with Gasteiger partial charge in [0.2, 0.25) is 0 Å². The number of rotatable bonds is 3. The van der Waals surface area contributed by atoms with Gasteiger partial charge in [-0.25, -0.2) is 0 Å². The van der Waals surface area contributed by atoms with Gasteiger partial charge in [0.15, 0.2) is 6.10 Å². The Morgan fingerprint density at radius 3 is 2.62 bits per heavy atom. The Morgan fingerprint density at radius 1 is 1.10 bits per heavy atom. The third-order valence-corrected chi connectivity index (χ3v) is 3.81. The average molecular weight is 284 g/mol. The van der Waals surface area contributed by atoms with E-state index in [-0.39, 0.29) is 6.10 Å². The Balaban J connectivity index is 1.84. The second-order valence-electron chi connectivity index (χ2n) is 5.64. The predicted octanol–water partition coefficient (Wildman–Crippen LogP) is 3.68. The Bertz CT molecular complexity index is 621. The molecule has 3 nitrogen and oxygen atoms in total. The van der Waals surface area contributed by atoms with Crippen LogP contribution in [0, 0.1) is 0 Å². The molecule has 0 fully saturated rings. The largest absolute Gasteiger partial charge is 0.489 e. The number of hydrogen-bond donors (Lipinski definition) is 1. The summed E-state index contributed by atoms with van der Waals surface area (Å²) >= 11 is 0. The molecular formula is C18H20O3. The zero-order valence-electron chi connectivity index (χ0n) is 12.3. The minimum absolute atomic E-state index is 0.352. The fourth-order valence-corrected chi connectivity index (χ4v) is 2.65. The van der Waals surface area contributed by atoms with Crippen molar-refractivity contribution in [2.24, 2.45) is 0 Å². The molecule has 0 bridgehead atoms. The summed E-state index contributed by atoms with van der Waals surface area (Å²) in [6.07, 6.45) is -1.06. The fraction of sp³-hybridized carbons (Fsp3) is 0.333. The number of hydrogen-bond acceptors (Lipinski definition) is 3. The molecule has 0 saturated carbocycles. The number of aliphatic hydroxyl groups is 1. The summed E-state index contributed by atoms with van der Waals surface area (Å²) in [5.74, 6) is 1.93. The van der Waals surface area contributed by atoms with Crippen LogP contribution in [0.1, 0.15) is 37.0 Å². The second-order valence-corrected chi connectivity index (χ2v) is 5.64. The van der Waals surface area contributed by atoms with Crippen LogP contribution in [0.4, 0.5) is 0 Å². The standard InChI is InChI=1S/C18H20O3/c1-12(2)13-7-3-6-10-16(13)21-17-11-20-15-9-5-4-8-14(15)18(17)19/h3-10,12,17-19H,11H2,1-2H3. The van der Waals surface area contributed by atoms with Gasteiger partial charge in [-0.05, 0) is 23.6 Å². The molecule has 3 rings (SSSR count). The zero-order valence-corrected chi connectivity index (χ0v) is 12.3. The van der Waals surface area contributed by atoms with Crippen LogP contribution in [0.15, 0.2) is 48.5 Å². The first-order chi connectivity index (χ1) is 10.2. The molecule has 0 amide bonds. The van der Waals surface area contributed by atoms with Gasteiger partial charge < -0.3 is 14.6 Å². The van der Waals surface area contributed by atoms with E-state index in [4.69, 9.17) is 9.47 Å². The molecule has 3 heteroatoms. The third-order valence-electron chi connectivity index (χ3n) is 3.81. The van der Waals surface area contributed by atoms with Gasteiger partial charge in [-0.15, -0.1) is 0 Å². The quantitative estimate of drug-likeness (QED) is 0.934. The summed E-state index contributed by atoms with van der Waals surface area (Å²) in [7, 11) is 0. The zero-order chi connectivity index (χ0) is 14.8. The van der Waals surface area contributed by atoms with E-state index in [1.165, 1.54) is 0 Å². The van der Waals surface area contributed by atoms with Gasteiger partial charge in [0.25, 0.3) is 0 Å². The fourth-order valence-electron chi connectivity index (χ4n) is 2.65. The second kappa shape index (κ2) is 5.78. The van der Waals surface area contributed by atoms with Crippen molar-refractivity contribution in [2.45, 2.75) is 32.0 Å². The lowest BCUT2D eigenvalue weighted by molar-refractivity contribution is -0.0108. The van der Waals surface area contributed by atoms with Crippen molar-refractivity contribution in [3.63, 3.8) is 0 Å². The van der Waals surface area contributed by atoms with Crippen LogP contribution >= 0.6 is 0 Å². The Kier molecular flexibility index (Phi) is 3.84. The Hall–Kier alpha value is -2.00. The van der Waals surface area contributed by atoms with E-state index < -0.39 is 6.10 Å². The van der Waals surface area contributed by atoms with Crippen molar-refractivity contribution in [3.05, 3.63) is 59.7 Å². The van der Waals surface area contributed by atoms with Gasteiger partial charge in [-0.2, -0.15) is 0 Å². The SMILES string of the molecule is CC(C)c1ccccc1OC1COc2ccccc2C1O. The lowest BCUT2D eigenvalue weighted by Crippen LogP contribution is -2.35. The molecule has 1 aliphatic rings. The molecule has 0 radical (unpaired) electrons. The summed E-state index contributed by atoms with van der Waals surface area (Å²) in [4.78, 5) is 0. The maximum atomic E-state index is 10.5. The highest BCUT2D eigenvalue weighted by atomic mass is 16.5. The van der Waals surface area contributed by atoms with Crippen molar-refractivity contribution < 1.29 is 14.6 Å². The van der Waals surface area contributed by atoms with Gasteiger partial charge >= 0.3 is 0 Å². The van der Waals surface area contributed by atoms with E-state index in [0.717, 1.165) is 22.6 Å². The van der Waals surface area contributed by atoms with Crippen molar-refractivity contribution in [1.82, 2.24) is 0 Å². The van der Waals surface area contributed by atoms with Crippen LogP contribution in [-0.4, -0.2) is 17.8 Å². The van der Waals surface area contributed by atoms with E-state index >= 15 is 0 Å². The highest BCUT2D eigenvalue weighted by molar-refractivity contribution is 5.39. The molecule has 110 valence electrons. The maximum Gasteiger partial charge on any atom is 0.163 e. The number of aliphatic hydroxyl groups excluding tert-OH is 1. The minimum atomic E-state index is -0.671. The Morgan fingerprint density at radius 2 is 1.81 bits per heavy atom. The number of fused-ring (bicyclic) bond motifs is 1. The number of ether oxygens (including phenoxy) is 2. The van der Waals surface area contributed by atoms with Gasteiger partial charge in [-0.1, -0.05) is 50.2 Å². The summed E-state index contributed by atoms with van der Waals surface area (Å²) in [6.45, 7) is 4.61. The monoisotopic (exact) mass is 284 g/mol. The van der Waals surface area contributed by atoms with Crippen molar-refractivity contribution >= 4 is 0 Å². The number of para-hydroxylation sites is 2. The van der Waals surface area contributed by atoms with Crippen LogP contribution in [0.3, 0.4) is 0 Å². The molecule has 2 unspecified atom stereocenters. The molecule has 1 N–H and O–H groups in total. The van der Waals surface area contributed by atoms with E-state index in [9.17, 15) is 5.11 Å². The summed E-state index contributed by atoms with van der Waals surface area (Å²) in [5.41, 5.74) is 1.93. The third kappa shape index (κ3) is 2.74. The van der Waals surface area contributed by atoms with E-state index in [2.05, 4.69) is 19.9 Å². The van der Waals surface area contributed by atoms with E-state index in [1.807, 2.05) is 42.5 Å². The van der Waals surface area contributed by atoms with Crippen molar-refractivity contribution in [3.8, 4) is 11.5 Å². The molecular weight excluding hydrogens is 264 g/mol. The summed E-state index contributed by atoms with van der Waals surface area (Å²) < 4.78 is 11.7. The smallest absolute Gasteiger partial charge is 0.163 e. The van der Waals surface area contributed by atoms with Gasteiger partial charge in [-0.3, -0.25) is 0 Å². The van der Waals surface area contributed by atoms with Crippen LogP contribution in [-0.2, 0) is 0 Å². The first-order valence-electron chi connectivity index (χ1n) is 7.32. The molecule has 2 atom stereocenters. The maximum absolute atomic E-state index is 10.5. The van der Waals surface area contributed by atoms with Gasteiger partial charge in [0, 0.05) is 5.56 Å². The first kappa shape index (κ1) is 14.0. The van der Waals surface area contributed by atoms with Gasteiger partial charge in [0.1, 0.15) is 24.2 Å². The predicted molar refractivity (Wildman–Crippen MR) is 81.8 cm³/mol. The molecule has 0 spiro atoms. The van der Waals surface area contributed by atoms with E-state index in [0.29, 0.717) is 12.5 Å². The molecule has 0 aliphatic carbocycles. The number of benzene rings is 2. The van der Waals surface area contributed by atoms with Crippen LogP contribution < -0.4 is 9.47 Å². The minimum Gasteiger partial charge on any atom is -0.489 e. The topological polar surface area (TPSA) is 38.7 Å². The normalized spacial score (nSPS) is 20.8. The summed E-state index contributed by atoms with van der Waals surface area (Å²) in [6, 6.07) is 15.5. The van der Waals surface area contributed by atoms with Crippen LogP contribution in [0.2, 0.25) is 0 Å². The molecule has 2 aromatic rings. The first-order valence-corrected chi connectivity index (χ1v) is 7.32. The molecule has 21 heavy (non-hydrogen) atoms. The van der Waals surface area contributed by atoms with Crippen molar-refractivity contribution in [1.29, 1.82) is 0 Å². The highest BCUT2D eigenvalue weighted by Crippen LogP contribution is 2.35. The molecule has 0 aromatic heterocycles. The highest BCUT2D eigenvalue weighted by Gasteiger charge is 2.31. The van der Waals surface area contributed by atoms with Crippen LogP contribution in [0.25, 0.3) is 0 Å². The molecule has 2 aromatic carbocycles. The molecule has 1 aliphatic heterocycles. The lowest BCUT2D eigenvalue weighted by Gasteiger charge is -2.31. The molecule has 0 saturated heterocycles. The Labute approximate surface area is 125 Å². The van der Waals surface area contributed by atoms with Crippen molar-refractivity contribution in [2.75, 3.05) is 6.61 Å². The molecule has 1 heterocycles. The lowest BCUT2D eigenvalue weighted by atomic mass is 10.00. The van der Waals surface area contributed by atoms with Crippen LogP contribution in [0.5, 0.6) is 11.5 Å². The average Bonchev–Trinajstić information content (AvgIpc) is 2.51. The summed E-state index contributed by atoms with van der Waals surface area (Å²) in [5, 5.41) is 10.5. The van der Waals surface area contributed by atoms with E-state index in [1.54, 1.807) is 0 Å².